The molecule has 0 amide bonds. The van der Waals surface area contributed by atoms with Crippen LogP contribution in [0.1, 0.15) is 24.0 Å². The summed E-state index contributed by atoms with van der Waals surface area (Å²) in [5.74, 6) is 0.736. The van der Waals surface area contributed by atoms with E-state index in [0.29, 0.717) is 6.04 Å². The zero-order chi connectivity index (χ0) is 11.5. The smallest absolute Gasteiger partial charge is 0.107 e. The molecule has 0 aliphatic carbocycles. The van der Waals surface area contributed by atoms with Gasteiger partial charge >= 0.3 is 0 Å². The summed E-state index contributed by atoms with van der Waals surface area (Å²) >= 11 is 1.78. The summed E-state index contributed by atoms with van der Waals surface area (Å²) in [5, 5.41) is 6.80. The number of piperidine rings is 1. The Morgan fingerprint density at radius 3 is 3.00 bits per heavy atom. The van der Waals surface area contributed by atoms with Gasteiger partial charge in [0.2, 0.25) is 0 Å². The third-order valence-corrected chi connectivity index (χ3v) is 4.34. The lowest BCUT2D eigenvalue weighted by Gasteiger charge is -2.36. The highest BCUT2D eigenvalue weighted by Gasteiger charge is 2.24. The summed E-state index contributed by atoms with van der Waals surface area (Å²) in [4.78, 5) is 7.05. The molecule has 2 atom stereocenters. The van der Waals surface area contributed by atoms with Gasteiger partial charge in [0.05, 0.1) is 6.54 Å². The summed E-state index contributed by atoms with van der Waals surface area (Å²) in [6.07, 6.45) is 1.25. The van der Waals surface area contributed by atoms with Crippen LogP contribution in [0.15, 0.2) is 5.38 Å². The fourth-order valence-corrected chi connectivity index (χ4v) is 3.28. The second-order valence-corrected chi connectivity index (χ2v) is 5.72. The van der Waals surface area contributed by atoms with Gasteiger partial charge in [-0.2, -0.15) is 0 Å². The molecule has 3 nitrogen and oxygen atoms in total. The largest absolute Gasteiger partial charge is 0.317 e. The Labute approximate surface area is 102 Å². The van der Waals surface area contributed by atoms with Crippen LogP contribution in [0.5, 0.6) is 0 Å². The molecule has 2 rings (SSSR count). The molecule has 90 valence electrons. The molecule has 1 N–H and O–H groups in total. The Morgan fingerprint density at radius 2 is 2.44 bits per heavy atom. The first-order valence-electron chi connectivity index (χ1n) is 5.99. The molecular weight excluding hydrogens is 218 g/mol. The van der Waals surface area contributed by atoms with Crippen LogP contribution >= 0.6 is 11.3 Å². The average molecular weight is 239 g/mol. The van der Waals surface area contributed by atoms with Gasteiger partial charge in [-0.3, -0.25) is 4.90 Å². The summed E-state index contributed by atoms with van der Waals surface area (Å²) in [6.45, 7) is 7.80. The molecule has 0 spiro atoms. The fourth-order valence-electron chi connectivity index (χ4n) is 2.47. The molecule has 1 aromatic heterocycles. The van der Waals surface area contributed by atoms with E-state index in [4.69, 9.17) is 0 Å². The number of nitrogens with one attached hydrogen (secondary N) is 1. The van der Waals surface area contributed by atoms with Crippen molar-refractivity contribution in [3.05, 3.63) is 16.1 Å². The van der Waals surface area contributed by atoms with Crippen molar-refractivity contribution in [1.82, 2.24) is 15.2 Å². The number of thiazole rings is 1. The second-order valence-electron chi connectivity index (χ2n) is 4.78. The molecule has 1 aromatic rings. The number of likely N-dealkylation sites (tertiary alicyclic amines) is 1. The van der Waals surface area contributed by atoms with Crippen molar-refractivity contribution in [2.75, 3.05) is 20.1 Å². The van der Waals surface area contributed by atoms with Crippen molar-refractivity contribution in [2.24, 2.45) is 5.92 Å². The molecular formula is C12H21N3S. The summed E-state index contributed by atoms with van der Waals surface area (Å²) in [5.41, 5.74) is 1.15. The fraction of sp³-hybridized carbons (Fsp3) is 0.750. The Bertz CT molecular complexity index is 337. The van der Waals surface area contributed by atoms with E-state index in [0.717, 1.165) is 18.2 Å². The highest BCUT2D eigenvalue weighted by molar-refractivity contribution is 7.09. The van der Waals surface area contributed by atoms with Gasteiger partial charge in [-0.05, 0) is 26.3 Å². The van der Waals surface area contributed by atoms with Crippen LogP contribution in [0.2, 0.25) is 0 Å². The summed E-state index contributed by atoms with van der Waals surface area (Å²) in [6, 6.07) is 0.689. The molecule has 4 heteroatoms. The zero-order valence-electron chi connectivity index (χ0n) is 10.4. The van der Waals surface area contributed by atoms with Crippen LogP contribution in [0.25, 0.3) is 0 Å². The van der Waals surface area contributed by atoms with Gasteiger partial charge in [-0.1, -0.05) is 6.92 Å². The van der Waals surface area contributed by atoms with Gasteiger partial charge in [0.15, 0.2) is 0 Å². The van der Waals surface area contributed by atoms with Gasteiger partial charge in [0.25, 0.3) is 0 Å². The first-order valence-corrected chi connectivity index (χ1v) is 6.87. The maximum absolute atomic E-state index is 4.53. The van der Waals surface area contributed by atoms with Gasteiger partial charge in [-0.15, -0.1) is 11.3 Å². The van der Waals surface area contributed by atoms with E-state index >= 15 is 0 Å². The zero-order valence-corrected chi connectivity index (χ0v) is 11.2. The maximum atomic E-state index is 4.53. The normalized spacial score (nSPS) is 27.2. The minimum atomic E-state index is 0.689. The van der Waals surface area contributed by atoms with Crippen LogP contribution in [0, 0.1) is 12.8 Å². The van der Waals surface area contributed by atoms with Crippen LogP contribution < -0.4 is 5.32 Å². The van der Waals surface area contributed by atoms with Gasteiger partial charge in [0, 0.05) is 30.2 Å². The molecule has 2 unspecified atom stereocenters. The minimum Gasteiger partial charge on any atom is -0.317 e. The van der Waals surface area contributed by atoms with Crippen molar-refractivity contribution >= 4 is 11.3 Å². The van der Waals surface area contributed by atoms with E-state index in [1.807, 2.05) is 0 Å². The average Bonchev–Trinajstić information content (AvgIpc) is 2.64. The molecule has 0 bridgehead atoms. The Kier molecular flexibility index (Phi) is 3.95. The Balaban J connectivity index is 1.88. The van der Waals surface area contributed by atoms with Crippen LogP contribution in [0.4, 0.5) is 0 Å². The molecule has 1 fully saturated rings. The van der Waals surface area contributed by atoms with Gasteiger partial charge in [0.1, 0.15) is 5.01 Å². The Morgan fingerprint density at radius 1 is 1.62 bits per heavy atom. The number of aryl methyl sites for hydroxylation is 1. The molecule has 1 aliphatic rings. The van der Waals surface area contributed by atoms with E-state index in [1.165, 1.54) is 24.5 Å². The van der Waals surface area contributed by atoms with E-state index in [2.05, 4.69) is 41.5 Å². The molecule has 16 heavy (non-hydrogen) atoms. The topological polar surface area (TPSA) is 28.2 Å². The number of hydrogen-bond acceptors (Lipinski definition) is 4. The van der Waals surface area contributed by atoms with Crippen molar-refractivity contribution in [3.63, 3.8) is 0 Å². The van der Waals surface area contributed by atoms with Crippen molar-refractivity contribution < 1.29 is 0 Å². The molecule has 1 saturated heterocycles. The molecule has 0 radical (unpaired) electrons. The third-order valence-electron chi connectivity index (χ3n) is 3.39. The maximum Gasteiger partial charge on any atom is 0.107 e. The van der Waals surface area contributed by atoms with Crippen LogP contribution in [0.3, 0.4) is 0 Å². The van der Waals surface area contributed by atoms with Crippen molar-refractivity contribution in [3.8, 4) is 0 Å². The van der Waals surface area contributed by atoms with Crippen molar-refractivity contribution in [1.29, 1.82) is 0 Å². The molecule has 1 aliphatic heterocycles. The molecule has 0 saturated carbocycles. The second kappa shape index (κ2) is 5.25. The number of hydrogen-bond donors (Lipinski definition) is 1. The lowest BCUT2D eigenvalue weighted by atomic mass is 9.94. The summed E-state index contributed by atoms with van der Waals surface area (Å²) in [7, 11) is 2.07. The number of aromatic nitrogens is 1. The first kappa shape index (κ1) is 12.0. The highest BCUT2D eigenvalue weighted by Crippen LogP contribution is 2.19. The van der Waals surface area contributed by atoms with E-state index in [9.17, 15) is 0 Å². The summed E-state index contributed by atoms with van der Waals surface area (Å²) < 4.78 is 0. The molecule has 0 aromatic carbocycles. The predicted molar refractivity (Wildman–Crippen MR) is 68.8 cm³/mol. The highest BCUT2D eigenvalue weighted by atomic mass is 32.1. The monoisotopic (exact) mass is 239 g/mol. The van der Waals surface area contributed by atoms with Crippen molar-refractivity contribution in [2.45, 2.75) is 32.9 Å². The standard InChI is InChI=1S/C12H21N3S/c1-9-6-15(5-4-11(9)13-3)7-12-14-10(2)8-16-12/h8-9,11,13H,4-7H2,1-3H3. The number of rotatable bonds is 3. The van der Waals surface area contributed by atoms with E-state index in [1.54, 1.807) is 11.3 Å². The van der Waals surface area contributed by atoms with Crippen LogP contribution in [-0.2, 0) is 6.54 Å². The van der Waals surface area contributed by atoms with Crippen LogP contribution in [-0.4, -0.2) is 36.1 Å². The quantitative estimate of drug-likeness (QED) is 0.873. The third kappa shape index (κ3) is 2.81. The van der Waals surface area contributed by atoms with Gasteiger partial charge < -0.3 is 5.32 Å². The lowest BCUT2D eigenvalue weighted by Crippen LogP contribution is -2.46. The first-order chi connectivity index (χ1) is 7.69. The van der Waals surface area contributed by atoms with E-state index in [-0.39, 0.29) is 0 Å². The van der Waals surface area contributed by atoms with Gasteiger partial charge in [-0.25, -0.2) is 4.98 Å². The van der Waals surface area contributed by atoms with E-state index < -0.39 is 0 Å². The Hall–Kier alpha value is -0.450. The minimum absolute atomic E-state index is 0.689. The SMILES string of the molecule is CNC1CCN(Cc2nc(C)cs2)CC1C. The predicted octanol–water partition coefficient (Wildman–Crippen LogP) is 1.88. The molecule has 2 heterocycles. The number of nitrogens with zero attached hydrogens (tertiary/aromatic N) is 2. The lowest BCUT2D eigenvalue weighted by molar-refractivity contribution is 0.145.